The number of thiophene rings is 1. The van der Waals surface area contributed by atoms with E-state index in [-0.39, 0.29) is 11.9 Å². The zero-order chi connectivity index (χ0) is 16.9. The summed E-state index contributed by atoms with van der Waals surface area (Å²) < 4.78 is 5.74. The molecule has 1 atom stereocenters. The van der Waals surface area contributed by atoms with Crippen LogP contribution >= 0.6 is 22.7 Å². The van der Waals surface area contributed by atoms with Gasteiger partial charge < -0.3 is 10.1 Å². The van der Waals surface area contributed by atoms with E-state index in [1.54, 1.807) is 34.8 Å². The number of benzene rings is 1. The number of hydrogen-bond donors (Lipinski definition) is 1. The SMILES string of the molecule is Cc1nc(COc2cccc(C(=O)NC(C)c3cccs3)c2)cs1. The number of carbonyl (C=O) groups is 1. The number of nitrogens with zero attached hydrogens (tertiary/aromatic N) is 1. The first kappa shape index (κ1) is 16.7. The fourth-order valence-corrected chi connectivity index (χ4v) is 3.58. The van der Waals surface area contributed by atoms with Crippen molar-refractivity contribution in [2.24, 2.45) is 0 Å². The molecule has 6 heteroatoms. The predicted octanol–water partition coefficient (Wildman–Crippen LogP) is 4.58. The van der Waals surface area contributed by atoms with Crippen LogP contribution in [0.5, 0.6) is 5.75 Å². The molecule has 0 aliphatic carbocycles. The number of ether oxygens (including phenoxy) is 1. The minimum atomic E-state index is -0.106. The van der Waals surface area contributed by atoms with Crippen LogP contribution in [-0.2, 0) is 6.61 Å². The lowest BCUT2D eigenvalue weighted by Crippen LogP contribution is -2.26. The van der Waals surface area contributed by atoms with E-state index in [0.717, 1.165) is 15.6 Å². The van der Waals surface area contributed by atoms with Gasteiger partial charge in [-0.2, -0.15) is 0 Å². The van der Waals surface area contributed by atoms with Crippen LogP contribution in [0.15, 0.2) is 47.2 Å². The van der Waals surface area contributed by atoms with Crippen molar-refractivity contribution >= 4 is 28.6 Å². The van der Waals surface area contributed by atoms with E-state index in [9.17, 15) is 4.79 Å². The summed E-state index contributed by atoms with van der Waals surface area (Å²) in [7, 11) is 0. The highest BCUT2D eigenvalue weighted by Crippen LogP contribution is 2.20. The predicted molar refractivity (Wildman–Crippen MR) is 97.8 cm³/mol. The maximum atomic E-state index is 12.4. The minimum Gasteiger partial charge on any atom is -0.487 e. The molecule has 1 unspecified atom stereocenters. The zero-order valence-electron chi connectivity index (χ0n) is 13.5. The molecular weight excluding hydrogens is 340 g/mol. The fraction of sp³-hybridized carbons (Fsp3) is 0.222. The van der Waals surface area contributed by atoms with Crippen molar-refractivity contribution in [2.75, 3.05) is 0 Å². The molecule has 124 valence electrons. The molecule has 0 saturated heterocycles. The number of rotatable bonds is 6. The maximum Gasteiger partial charge on any atom is 0.251 e. The van der Waals surface area contributed by atoms with Gasteiger partial charge in [0.1, 0.15) is 12.4 Å². The number of nitrogens with one attached hydrogen (secondary N) is 1. The van der Waals surface area contributed by atoms with E-state index in [4.69, 9.17) is 4.74 Å². The van der Waals surface area contributed by atoms with Gasteiger partial charge in [0, 0.05) is 15.8 Å². The molecular formula is C18H18N2O2S2. The molecule has 2 heterocycles. The number of thiazole rings is 1. The van der Waals surface area contributed by atoms with Gasteiger partial charge in [-0.15, -0.1) is 22.7 Å². The lowest BCUT2D eigenvalue weighted by molar-refractivity contribution is 0.0940. The summed E-state index contributed by atoms with van der Waals surface area (Å²) in [4.78, 5) is 17.9. The second kappa shape index (κ2) is 7.59. The van der Waals surface area contributed by atoms with Crippen molar-refractivity contribution < 1.29 is 9.53 Å². The molecule has 1 amide bonds. The van der Waals surface area contributed by atoms with Crippen LogP contribution in [0.3, 0.4) is 0 Å². The highest BCUT2D eigenvalue weighted by Gasteiger charge is 2.13. The Bertz CT molecular complexity index is 812. The van der Waals surface area contributed by atoms with E-state index in [2.05, 4.69) is 10.3 Å². The van der Waals surface area contributed by atoms with Crippen LogP contribution in [0.2, 0.25) is 0 Å². The van der Waals surface area contributed by atoms with E-state index < -0.39 is 0 Å². The number of hydrogen-bond acceptors (Lipinski definition) is 5. The molecule has 3 aromatic rings. The Balaban J connectivity index is 1.62. The van der Waals surface area contributed by atoms with Crippen molar-refractivity contribution in [3.8, 4) is 5.75 Å². The molecule has 0 aliphatic heterocycles. The fourth-order valence-electron chi connectivity index (χ4n) is 2.25. The topological polar surface area (TPSA) is 51.2 Å². The Kier molecular flexibility index (Phi) is 5.27. The molecule has 2 aromatic heterocycles. The quantitative estimate of drug-likeness (QED) is 0.701. The van der Waals surface area contributed by atoms with Gasteiger partial charge in [0.2, 0.25) is 0 Å². The molecule has 4 nitrogen and oxygen atoms in total. The number of aromatic nitrogens is 1. The Hall–Kier alpha value is -2.18. The standard InChI is InChI=1S/C18H18N2O2S2/c1-12(17-7-4-8-23-17)19-18(21)14-5-3-6-16(9-14)22-10-15-11-24-13(2)20-15/h3-9,11-12H,10H2,1-2H3,(H,19,21). The summed E-state index contributed by atoms with van der Waals surface area (Å²) in [6.45, 7) is 4.35. The van der Waals surface area contributed by atoms with Gasteiger partial charge >= 0.3 is 0 Å². The van der Waals surface area contributed by atoms with Gasteiger partial charge in [0.15, 0.2) is 0 Å². The summed E-state index contributed by atoms with van der Waals surface area (Å²) >= 11 is 3.23. The molecule has 1 N–H and O–H groups in total. The molecule has 0 bridgehead atoms. The largest absolute Gasteiger partial charge is 0.487 e. The van der Waals surface area contributed by atoms with E-state index in [1.165, 1.54) is 0 Å². The Labute approximate surface area is 149 Å². The number of aryl methyl sites for hydroxylation is 1. The number of amides is 1. The number of carbonyl (C=O) groups excluding carboxylic acids is 1. The lowest BCUT2D eigenvalue weighted by Gasteiger charge is -2.13. The summed E-state index contributed by atoms with van der Waals surface area (Å²) in [5.74, 6) is 0.558. The van der Waals surface area contributed by atoms with Crippen LogP contribution in [0.4, 0.5) is 0 Å². The van der Waals surface area contributed by atoms with E-state index in [1.807, 2.05) is 48.9 Å². The zero-order valence-corrected chi connectivity index (χ0v) is 15.1. The first-order valence-electron chi connectivity index (χ1n) is 7.60. The normalized spacial score (nSPS) is 11.9. The van der Waals surface area contributed by atoms with Crippen molar-refractivity contribution in [3.05, 3.63) is 68.3 Å². The molecule has 1 aromatic carbocycles. The third kappa shape index (κ3) is 4.21. The third-order valence-corrected chi connectivity index (χ3v) is 5.34. The average Bonchev–Trinajstić information content (AvgIpc) is 3.25. The van der Waals surface area contributed by atoms with Crippen molar-refractivity contribution in [2.45, 2.75) is 26.5 Å². The first-order chi connectivity index (χ1) is 11.6. The Morgan fingerprint density at radius 2 is 2.17 bits per heavy atom. The highest BCUT2D eigenvalue weighted by atomic mass is 32.1. The summed E-state index contributed by atoms with van der Waals surface area (Å²) in [5, 5.41) is 8.01. The minimum absolute atomic E-state index is 0.0138. The van der Waals surface area contributed by atoms with E-state index in [0.29, 0.717) is 17.9 Å². The molecule has 0 fully saturated rings. The molecule has 0 radical (unpaired) electrons. The maximum absolute atomic E-state index is 12.4. The molecule has 24 heavy (non-hydrogen) atoms. The average molecular weight is 358 g/mol. The van der Waals surface area contributed by atoms with Gasteiger partial charge in [-0.05, 0) is 43.5 Å². The first-order valence-corrected chi connectivity index (χ1v) is 9.36. The van der Waals surface area contributed by atoms with Crippen LogP contribution in [-0.4, -0.2) is 10.9 Å². The van der Waals surface area contributed by atoms with Gasteiger partial charge in [0.05, 0.1) is 16.7 Å². The van der Waals surface area contributed by atoms with Crippen LogP contribution in [0.25, 0.3) is 0 Å². The van der Waals surface area contributed by atoms with Crippen LogP contribution in [0, 0.1) is 6.92 Å². The smallest absolute Gasteiger partial charge is 0.251 e. The van der Waals surface area contributed by atoms with Gasteiger partial charge in [-0.3, -0.25) is 4.79 Å². The van der Waals surface area contributed by atoms with Crippen LogP contribution in [0.1, 0.15) is 38.9 Å². The Morgan fingerprint density at radius 3 is 2.88 bits per heavy atom. The van der Waals surface area contributed by atoms with Crippen molar-refractivity contribution in [1.82, 2.24) is 10.3 Å². The monoisotopic (exact) mass is 358 g/mol. The molecule has 0 aliphatic rings. The van der Waals surface area contributed by atoms with Crippen LogP contribution < -0.4 is 10.1 Å². The second-order valence-corrected chi connectivity index (χ2v) is 7.43. The Morgan fingerprint density at radius 1 is 1.29 bits per heavy atom. The molecule has 0 spiro atoms. The van der Waals surface area contributed by atoms with Gasteiger partial charge in [-0.25, -0.2) is 4.98 Å². The summed E-state index contributed by atoms with van der Waals surface area (Å²) in [6.07, 6.45) is 0. The van der Waals surface area contributed by atoms with Gasteiger partial charge in [0.25, 0.3) is 5.91 Å². The van der Waals surface area contributed by atoms with Gasteiger partial charge in [-0.1, -0.05) is 12.1 Å². The molecule has 3 rings (SSSR count). The van der Waals surface area contributed by atoms with Crippen molar-refractivity contribution in [1.29, 1.82) is 0 Å². The molecule has 0 saturated carbocycles. The van der Waals surface area contributed by atoms with E-state index >= 15 is 0 Å². The lowest BCUT2D eigenvalue weighted by atomic mass is 10.2. The second-order valence-electron chi connectivity index (χ2n) is 5.38. The summed E-state index contributed by atoms with van der Waals surface area (Å²) in [5.41, 5.74) is 1.49. The highest BCUT2D eigenvalue weighted by molar-refractivity contribution is 7.10. The van der Waals surface area contributed by atoms with Crippen molar-refractivity contribution in [3.63, 3.8) is 0 Å². The summed E-state index contributed by atoms with van der Waals surface area (Å²) in [6, 6.07) is 11.2. The third-order valence-electron chi connectivity index (χ3n) is 3.47.